The van der Waals surface area contributed by atoms with Crippen LogP contribution in [0.3, 0.4) is 0 Å². The molecule has 28 heavy (non-hydrogen) atoms. The van der Waals surface area contributed by atoms with Gasteiger partial charge in [0, 0.05) is 24.7 Å². The van der Waals surface area contributed by atoms with Crippen molar-refractivity contribution in [3.05, 3.63) is 40.4 Å². The number of carbonyl (C=O) groups excluding carboxylic acids is 1. The molecule has 2 aromatic rings. The summed E-state index contributed by atoms with van der Waals surface area (Å²) < 4.78 is 34.4. The zero-order valence-corrected chi connectivity index (χ0v) is 16.8. The summed E-state index contributed by atoms with van der Waals surface area (Å²) in [5.41, 5.74) is 0.382. The highest BCUT2D eigenvalue weighted by Crippen LogP contribution is 2.35. The molecule has 1 aliphatic heterocycles. The number of benzene rings is 1. The molecule has 9 nitrogen and oxygen atoms in total. The van der Waals surface area contributed by atoms with Crippen LogP contribution >= 0.6 is 12.2 Å². The number of rotatable bonds is 6. The van der Waals surface area contributed by atoms with Crippen LogP contribution in [0.25, 0.3) is 0 Å². The lowest BCUT2D eigenvalue weighted by molar-refractivity contribution is 0.0730. The number of hydrogen-bond donors (Lipinski definition) is 2. The molecule has 0 spiro atoms. The van der Waals surface area contributed by atoms with Gasteiger partial charge in [0.15, 0.2) is 10.6 Å². The van der Waals surface area contributed by atoms with E-state index in [1.54, 1.807) is 0 Å². The van der Waals surface area contributed by atoms with Crippen LogP contribution in [-0.4, -0.2) is 59.7 Å². The summed E-state index contributed by atoms with van der Waals surface area (Å²) in [6.45, 7) is 1.69. The Labute approximate surface area is 167 Å². The van der Waals surface area contributed by atoms with Crippen LogP contribution < -0.4 is 5.32 Å². The average molecular weight is 424 g/mol. The zero-order chi connectivity index (χ0) is 19.7. The zero-order valence-electron chi connectivity index (χ0n) is 15.1. The lowest BCUT2D eigenvalue weighted by Crippen LogP contribution is -2.40. The molecule has 1 amide bonds. The smallest absolute Gasteiger partial charge is 0.251 e. The van der Waals surface area contributed by atoms with Crippen molar-refractivity contribution in [2.75, 3.05) is 26.3 Å². The van der Waals surface area contributed by atoms with E-state index in [9.17, 15) is 13.2 Å². The molecule has 1 saturated carbocycles. The van der Waals surface area contributed by atoms with Gasteiger partial charge in [-0.3, -0.25) is 14.5 Å². The van der Waals surface area contributed by atoms with Gasteiger partial charge in [0.1, 0.15) is 0 Å². The van der Waals surface area contributed by atoms with Crippen molar-refractivity contribution in [3.63, 3.8) is 0 Å². The molecule has 2 fully saturated rings. The first-order chi connectivity index (χ1) is 13.5. The van der Waals surface area contributed by atoms with E-state index < -0.39 is 10.0 Å². The summed E-state index contributed by atoms with van der Waals surface area (Å²) in [7, 11) is -3.57. The molecule has 11 heteroatoms. The van der Waals surface area contributed by atoms with Gasteiger partial charge in [-0.2, -0.15) is 9.40 Å². The Bertz CT molecular complexity index is 1020. The Hall–Kier alpha value is -2.08. The molecule has 0 radical (unpaired) electrons. The van der Waals surface area contributed by atoms with E-state index in [1.165, 1.54) is 28.6 Å². The molecule has 1 aromatic carbocycles. The monoisotopic (exact) mass is 423 g/mol. The molecule has 1 aromatic heterocycles. The fraction of sp³-hybridized carbons (Fsp3) is 0.471. The van der Waals surface area contributed by atoms with E-state index >= 15 is 0 Å². The Kier molecular flexibility index (Phi) is 5.32. The third-order valence-corrected chi connectivity index (χ3v) is 7.02. The number of H-pyrrole nitrogens is 1. The van der Waals surface area contributed by atoms with Gasteiger partial charge in [-0.25, -0.2) is 8.42 Å². The molecular formula is C17H21N5O4S2. The lowest BCUT2D eigenvalue weighted by Gasteiger charge is -2.26. The van der Waals surface area contributed by atoms with Crippen LogP contribution in [0.1, 0.15) is 35.1 Å². The highest BCUT2D eigenvalue weighted by Gasteiger charge is 2.28. The van der Waals surface area contributed by atoms with Crippen molar-refractivity contribution in [3.8, 4) is 0 Å². The SMILES string of the molecule is O=C(NCc1n[nH]c(=S)n1C1CC1)c1ccc(S(=O)(=O)N2CCOCC2)cc1. The number of aromatic nitrogens is 3. The average Bonchev–Trinajstić information content (AvgIpc) is 3.49. The number of carbonyl (C=O) groups is 1. The normalized spacial score (nSPS) is 18.1. The summed E-state index contributed by atoms with van der Waals surface area (Å²) >= 11 is 5.23. The van der Waals surface area contributed by atoms with Gasteiger partial charge in [-0.1, -0.05) is 0 Å². The van der Waals surface area contributed by atoms with Gasteiger partial charge in [-0.15, -0.1) is 0 Å². The van der Waals surface area contributed by atoms with Crippen LogP contribution in [0.5, 0.6) is 0 Å². The third-order valence-electron chi connectivity index (χ3n) is 4.82. The summed E-state index contributed by atoms with van der Waals surface area (Å²) in [6, 6.07) is 6.31. The molecule has 1 saturated heterocycles. The number of aromatic amines is 1. The van der Waals surface area contributed by atoms with Crippen LogP contribution in [0.15, 0.2) is 29.2 Å². The van der Waals surface area contributed by atoms with Gasteiger partial charge in [-0.05, 0) is 49.3 Å². The lowest BCUT2D eigenvalue weighted by atomic mass is 10.2. The molecule has 0 atom stereocenters. The molecule has 0 unspecified atom stereocenters. The van der Waals surface area contributed by atoms with Crippen molar-refractivity contribution in [2.24, 2.45) is 0 Å². The second-order valence-corrected chi connectivity index (χ2v) is 9.09. The number of morpholine rings is 1. The van der Waals surface area contributed by atoms with Crippen molar-refractivity contribution in [1.29, 1.82) is 0 Å². The summed E-state index contributed by atoms with van der Waals surface area (Å²) in [5, 5.41) is 9.75. The van der Waals surface area contributed by atoms with E-state index in [1.807, 2.05) is 4.57 Å². The first-order valence-electron chi connectivity index (χ1n) is 9.09. The van der Waals surface area contributed by atoms with Gasteiger partial charge in [0.2, 0.25) is 10.0 Å². The predicted molar refractivity (Wildman–Crippen MR) is 103 cm³/mol. The van der Waals surface area contributed by atoms with Crippen molar-refractivity contribution >= 4 is 28.1 Å². The summed E-state index contributed by atoms with van der Waals surface area (Å²) in [5.74, 6) is 0.388. The summed E-state index contributed by atoms with van der Waals surface area (Å²) in [4.78, 5) is 12.6. The Morgan fingerprint density at radius 2 is 1.93 bits per heavy atom. The fourth-order valence-corrected chi connectivity index (χ4v) is 4.86. The Balaban J connectivity index is 1.42. The van der Waals surface area contributed by atoms with Crippen LogP contribution in [0.2, 0.25) is 0 Å². The second kappa shape index (κ2) is 7.74. The topological polar surface area (TPSA) is 109 Å². The van der Waals surface area contributed by atoms with Crippen LogP contribution in [0, 0.1) is 4.77 Å². The molecule has 150 valence electrons. The number of hydrogen-bond acceptors (Lipinski definition) is 6. The molecule has 2 N–H and O–H groups in total. The second-order valence-electron chi connectivity index (χ2n) is 6.77. The number of nitrogens with zero attached hydrogens (tertiary/aromatic N) is 3. The number of sulfonamides is 1. The van der Waals surface area contributed by atoms with Crippen molar-refractivity contribution in [2.45, 2.75) is 30.3 Å². The first kappa shape index (κ1) is 19.2. The predicted octanol–water partition coefficient (Wildman–Crippen LogP) is 1.23. The number of ether oxygens (including phenoxy) is 1. The van der Waals surface area contributed by atoms with Crippen LogP contribution in [-0.2, 0) is 21.3 Å². The molecule has 1 aliphatic carbocycles. The quantitative estimate of drug-likeness (QED) is 0.677. The summed E-state index contributed by atoms with van der Waals surface area (Å²) in [6.07, 6.45) is 2.13. The maximum absolute atomic E-state index is 12.6. The van der Waals surface area contributed by atoms with E-state index in [4.69, 9.17) is 17.0 Å². The molecule has 2 aliphatic rings. The van der Waals surface area contributed by atoms with E-state index in [0.717, 1.165) is 12.8 Å². The third kappa shape index (κ3) is 3.88. The molecule has 4 rings (SSSR count). The Morgan fingerprint density at radius 3 is 2.57 bits per heavy atom. The van der Waals surface area contributed by atoms with E-state index in [0.29, 0.717) is 48.5 Å². The minimum absolute atomic E-state index is 0.167. The Morgan fingerprint density at radius 1 is 1.25 bits per heavy atom. The minimum atomic E-state index is -3.57. The highest BCUT2D eigenvalue weighted by atomic mass is 32.2. The highest BCUT2D eigenvalue weighted by molar-refractivity contribution is 7.89. The number of nitrogens with one attached hydrogen (secondary N) is 2. The molecular weight excluding hydrogens is 402 g/mol. The van der Waals surface area contributed by atoms with Gasteiger partial charge >= 0.3 is 0 Å². The van der Waals surface area contributed by atoms with Crippen LogP contribution in [0.4, 0.5) is 0 Å². The van der Waals surface area contributed by atoms with Gasteiger partial charge in [0.25, 0.3) is 5.91 Å². The van der Waals surface area contributed by atoms with Crippen molar-refractivity contribution in [1.82, 2.24) is 24.4 Å². The molecule has 0 bridgehead atoms. The van der Waals surface area contributed by atoms with Gasteiger partial charge in [0.05, 0.1) is 24.7 Å². The fourth-order valence-electron chi connectivity index (χ4n) is 3.15. The first-order valence-corrected chi connectivity index (χ1v) is 10.9. The molecule has 2 heterocycles. The minimum Gasteiger partial charge on any atom is -0.379 e. The maximum Gasteiger partial charge on any atom is 0.251 e. The van der Waals surface area contributed by atoms with E-state index in [2.05, 4.69) is 15.5 Å². The largest absolute Gasteiger partial charge is 0.379 e. The standard InChI is InChI=1S/C17H21N5O4S2/c23-16(18-11-15-19-20-17(27)22(15)13-3-4-13)12-1-5-14(6-2-12)28(24,25)21-7-9-26-10-8-21/h1-2,5-6,13H,3-4,7-11H2,(H,18,23)(H,20,27). The van der Waals surface area contributed by atoms with Crippen molar-refractivity contribution < 1.29 is 17.9 Å². The van der Waals surface area contributed by atoms with E-state index in [-0.39, 0.29) is 17.3 Å². The maximum atomic E-state index is 12.6. The van der Waals surface area contributed by atoms with Gasteiger partial charge < -0.3 is 10.1 Å². The number of amides is 1.